The molecule has 1 aliphatic heterocycles. The SMILES string of the molecule is CC#CCn1c(N2CCCC(N)C2)nc2c1c(=O)n(Cc1cncc(C#N)c1)c(=O)n2C. The van der Waals surface area contributed by atoms with E-state index < -0.39 is 11.2 Å². The van der Waals surface area contributed by atoms with E-state index in [0.717, 1.165) is 24.0 Å². The first-order chi connectivity index (χ1) is 15.4. The Morgan fingerprint density at radius 2 is 2.09 bits per heavy atom. The summed E-state index contributed by atoms with van der Waals surface area (Å²) < 4.78 is 4.29. The molecule has 0 spiro atoms. The first kappa shape index (κ1) is 21.3. The maximum atomic E-state index is 13.5. The predicted molar refractivity (Wildman–Crippen MR) is 120 cm³/mol. The Morgan fingerprint density at radius 1 is 1.28 bits per heavy atom. The molecule has 0 aromatic carbocycles. The summed E-state index contributed by atoms with van der Waals surface area (Å²) in [5.74, 6) is 6.47. The topological polar surface area (TPSA) is 128 Å². The second-order valence-electron chi connectivity index (χ2n) is 7.87. The number of rotatable bonds is 4. The maximum Gasteiger partial charge on any atom is 0.332 e. The first-order valence-corrected chi connectivity index (χ1v) is 10.4. The number of aryl methyl sites for hydroxylation is 1. The van der Waals surface area contributed by atoms with Crippen molar-refractivity contribution in [2.24, 2.45) is 12.8 Å². The van der Waals surface area contributed by atoms with Gasteiger partial charge >= 0.3 is 5.69 Å². The lowest BCUT2D eigenvalue weighted by molar-refractivity contribution is 0.496. The molecule has 10 nitrogen and oxygen atoms in total. The second kappa shape index (κ2) is 8.69. The van der Waals surface area contributed by atoms with Crippen LogP contribution in [0.3, 0.4) is 0 Å². The third-order valence-corrected chi connectivity index (χ3v) is 5.63. The molecule has 1 atom stereocenters. The largest absolute Gasteiger partial charge is 0.341 e. The molecule has 32 heavy (non-hydrogen) atoms. The van der Waals surface area contributed by atoms with E-state index in [4.69, 9.17) is 11.0 Å². The molecule has 3 aromatic rings. The Kier molecular flexibility index (Phi) is 5.80. The number of nitriles is 1. The number of pyridine rings is 1. The molecule has 0 saturated carbocycles. The van der Waals surface area contributed by atoms with Crippen molar-refractivity contribution in [3.63, 3.8) is 0 Å². The Morgan fingerprint density at radius 3 is 2.81 bits per heavy atom. The highest BCUT2D eigenvalue weighted by Gasteiger charge is 2.26. The molecule has 1 unspecified atom stereocenters. The minimum Gasteiger partial charge on any atom is -0.341 e. The van der Waals surface area contributed by atoms with Crippen molar-refractivity contribution in [3.8, 4) is 17.9 Å². The molecule has 4 heterocycles. The van der Waals surface area contributed by atoms with Crippen LogP contribution in [0.4, 0.5) is 5.95 Å². The number of fused-ring (bicyclic) bond motifs is 1. The predicted octanol–water partition coefficient (Wildman–Crippen LogP) is 0.162. The van der Waals surface area contributed by atoms with Gasteiger partial charge in [-0.05, 0) is 31.4 Å². The smallest absolute Gasteiger partial charge is 0.332 e. The lowest BCUT2D eigenvalue weighted by Crippen LogP contribution is -2.44. The molecule has 4 rings (SSSR count). The van der Waals surface area contributed by atoms with Gasteiger partial charge in [-0.3, -0.25) is 23.5 Å². The van der Waals surface area contributed by atoms with Crippen LogP contribution in [0.5, 0.6) is 0 Å². The lowest BCUT2D eigenvalue weighted by atomic mass is 10.1. The minimum absolute atomic E-state index is 0.00146. The van der Waals surface area contributed by atoms with Gasteiger partial charge in [-0.25, -0.2) is 4.79 Å². The van der Waals surface area contributed by atoms with E-state index in [0.29, 0.717) is 34.8 Å². The van der Waals surface area contributed by atoms with Crippen LogP contribution in [0.25, 0.3) is 11.2 Å². The monoisotopic (exact) mass is 432 g/mol. The van der Waals surface area contributed by atoms with E-state index in [2.05, 4.69) is 26.7 Å². The number of imidazole rings is 1. The lowest BCUT2D eigenvalue weighted by Gasteiger charge is -2.31. The standard InChI is InChI=1S/C22H24N8O2/c1-3-4-8-29-18-19(26-21(29)28-7-5-6-17(24)14-28)27(2)22(32)30(20(18)31)13-16-9-15(10-23)11-25-12-16/h9,11-12,17H,5-8,13-14,24H2,1-2H3. The number of nitrogens with two attached hydrogens (primary N) is 1. The first-order valence-electron chi connectivity index (χ1n) is 10.4. The molecule has 0 radical (unpaired) electrons. The average molecular weight is 432 g/mol. The van der Waals surface area contributed by atoms with Gasteiger partial charge in [0.05, 0.1) is 18.7 Å². The number of anilines is 1. The summed E-state index contributed by atoms with van der Waals surface area (Å²) in [5, 5.41) is 9.12. The van der Waals surface area contributed by atoms with Crippen molar-refractivity contribution in [2.45, 2.75) is 38.9 Å². The van der Waals surface area contributed by atoms with Gasteiger partial charge in [0, 0.05) is 38.6 Å². The van der Waals surface area contributed by atoms with E-state index in [1.807, 2.05) is 6.07 Å². The third-order valence-electron chi connectivity index (χ3n) is 5.63. The maximum absolute atomic E-state index is 13.5. The van der Waals surface area contributed by atoms with Crippen LogP contribution in [0.15, 0.2) is 28.0 Å². The molecular weight excluding hydrogens is 408 g/mol. The number of hydrogen-bond donors (Lipinski definition) is 1. The number of aromatic nitrogens is 5. The van der Waals surface area contributed by atoms with Crippen LogP contribution in [-0.2, 0) is 20.1 Å². The highest BCUT2D eigenvalue weighted by molar-refractivity contribution is 5.75. The molecule has 0 aliphatic carbocycles. The van der Waals surface area contributed by atoms with Crippen LogP contribution in [0.1, 0.15) is 30.9 Å². The Hall–Kier alpha value is -3.89. The zero-order chi connectivity index (χ0) is 22.8. The van der Waals surface area contributed by atoms with Crippen molar-refractivity contribution in [1.82, 2.24) is 23.7 Å². The van der Waals surface area contributed by atoms with Crippen LogP contribution >= 0.6 is 0 Å². The quantitative estimate of drug-likeness (QED) is 0.582. The average Bonchev–Trinajstić information content (AvgIpc) is 3.19. The van der Waals surface area contributed by atoms with Crippen molar-refractivity contribution >= 4 is 17.1 Å². The van der Waals surface area contributed by atoms with E-state index in [1.165, 1.54) is 17.0 Å². The van der Waals surface area contributed by atoms with Gasteiger partial charge in [-0.2, -0.15) is 10.2 Å². The van der Waals surface area contributed by atoms with E-state index in [1.54, 1.807) is 24.6 Å². The fraction of sp³-hybridized carbons (Fsp3) is 0.409. The molecular formula is C22H24N8O2. The van der Waals surface area contributed by atoms with Crippen LogP contribution < -0.4 is 21.9 Å². The molecule has 0 bridgehead atoms. The molecule has 164 valence electrons. The second-order valence-corrected chi connectivity index (χ2v) is 7.87. The molecule has 3 aromatic heterocycles. The van der Waals surface area contributed by atoms with Crippen molar-refractivity contribution in [3.05, 3.63) is 50.4 Å². The van der Waals surface area contributed by atoms with Crippen molar-refractivity contribution in [1.29, 1.82) is 5.26 Å². The summed E-state index contributed by atoms with van der Waals surface area (Å²) in [5.41, 5.74) is 6.80. The third kappa shape index (κ3) is 3.77. The summed E-state index contributed by atoms with van der Waals surface area (Å²) in [7, 11) is 1.60. The van der Waals surface area contributed by atoms with Gasteiger partial charge in [-0.15, -0.1) is 5.92 Å². The van der Waals surface area contributed by atoms with E-state index in [-0.39, 0.29) is 19.1 Å². The van der Waals surface area contributed by atoms with Gasteiger partial charge in [0.1, 0.15) is 6.07 Å². The van der Waals surface area contributed by atoms with Crippen LogP contribution in [-0.4, -0.2) is 42.8 Å². The molecule has 1 saturated heterocycles. The Bertz CT molecular complexity index is 1400. The van der Waals surface area contributed by atoms with Gasteiger partial charge in [0.15, 0.2) is 11.2 Å². The molecule has 0 amide bonds. The number of piperidine rings is 1. The van der Waals surface area contributed by atoms with E-state index in [9.17, 15) is 9.59 Å². The number of nitrogens with zero attached hydrogens (tertiary/aromatic N) is 7. The summed E-state index contributed by atoms with van der Waals surface area (Å²) in [6, 6.07) is 3.66. The van der Waals surface area contributed by atoms with Gasteiger partial charge in [0.25, 0.3) is 5.56 Å². The zero-order valence-corrected chi connectivity index (χ0v) is 18.1. The Balaban J connectivity index is 1.92. The van der Waals surface area contributed by atoms with Gasteiger partial charge in [-0.1, -0.05) is 5.92 Å². The van der Waals surface area contributed by atoms with Crippen molar-refractivity contribution < 1.29 is 0 Å². The molecule has 1 fully saturated rings. The number of hydrogen-bond acceptors (Lipinski definition) is 7. The summed E-state index contributed by atoms with van der Waals surface area (Å²) >= 11 is 0. The fourth-order valence-corrected chi connectivity index (χ4v) is 4.06. The normalized spacial score (nSPS) is 15.9. The molecule has 10 heteroatoms. The summed E-state index contributed by atoms with van der Waals surface area (Å²) in [6.07, 6.45) is 4.83. The summed E-state index contributed by atoms with van der Waals surface area (Å²) in [4.78, 5) is 37.3. The zero-order valence-electron chi connectivity index (χ0n) is 18.1. The fourth-order valence-electron chi connectivity index (χ4n) is 4.06. The van der Waals surface area contributed by atoms with Gasteiger partial charge in [0.2, 0.25) is 5.95 Å². The van der Waals surface area contributed by atoms with Gasteiger partial charge < -0.3 is 10.6 Å². The van der Waals surface area contributed by atoms with Crippen molar-refractivity contribution in [2.75, 3.05) is 18.0 Å². The minimum atomic E-state index is -0.488. The highest BCUT2D eigenvalue weighted by atomic mass is 16.2. The molecule has 2 N–H and O–H groups in total. The molecule has 1 aliphatic rings. The Labute approximate surface area is 184 Å². The highest BCUT2D eigenvalue weighted by Crippen LogP contribution is 2.22. The van der Waals surface area contributed by atoms with Crippen LogP contribution in [0.2, 0.25) is 0 Å². The van der Waals surface area contributed by atoms with E-state index >= 15 is 0 Å². The summed E-state index contributed by atoms with van der Waals surface area (Å²) in [6.45, 7) is 3.40. The van der Waals surface area contributed by atoms with Crippen LogP contribution in [0, 0.1) is 23.2 Å².